The summed E-state index contributed by atoms with van der Waals surface area (Å²) in [6.07, 6.45) is 4.02. The molecule has 0 spiro atoms. The van der Waals surface area contributed by atoms with Gasteiger partial charge in [-0.2, -0.15) is 0 Å². The average molecular weight is 516 g/mol. The molecule has 3 heterocycles. The van der Waals surface area contributed by atoms with Gasteiger partial charge in [-0.15, -0.1) is 0 Å². The van der Waals surface area contributed by atoms with Crippen molar-refractivity contribution in [2.75, 3.05) is 0 Å². The molecule has 3 heteroatoms. The smallest absolute Gasteiger partial charge is 0.136 e. The highest BCUT2D eigenvalue weighted by Gasteiger charge is 2.29. The summed E-state index contributed by atoms with van der Waals surface area (Å²) < 4.78 is 6.44. The SMILES string of the molecule is CC(C)(C)Cc1ccc2c(c1)cc1c3c(nccc32)-c2cc3oc4ccccc4c3c(CC(C)(C)C)c2S1. The molecule has 0 atom stereocenters. The number of nitrogens with zero attached hydrogens (tertiary/aromatic N) is 1. The van der Waals surface area contributed by atoms with Crippen LogP contribution in [0.2, 0.25) is 0 Å². The van der Waals surface area contributed by atoms with Gasteiger partial charge in [0.25, 0.3) is 0 Å². The first kappa shape index (κ1) is 23.8. The van der Waals surface area contributed by atoms with Crippen LogP contribution in [0.15, 0.2) is 81.1 Å². The van der Waals surface area contributed by atoms with Gasteiger partial charge in [0.15, 0.2) is 0 Å². The third-order valence-electron chi connectivity index (χ3n) is 7.52. The number of hydrogen-bond acceptors (Lipinski definition) is 3. The Kier molecular flexibility index (Phi) is 5.07. The van der Waals surface area contributed by atoms with Crippen molar-refractivity contribution in [3.05, 3.63) is 78.0 Å². The molecule has 2 aromatic heterocycles. The lowest BCUT2D eigenvalue weighted by molar-refractivity contribution is 0.410. The Morgan fingerprint density at radius 1 is 0.737 bits per heavy atom. The average Bonchev–Trinajstić information content (AvgIpc) is 3.21. The zero-order chi connectivity index (χ0) is 26.4. The van der Waals surface area contributed by atoms with Crippen molar-refractivity contribution in [2.24, 2.45) is 10.8 Å². The van der Waals surface area contributed by atoms with E-state index in [2.05, 4.69) is 102 Å². The fraction of sp³-hybridized carbons (Fsp3) is 0.286. The first-order valence-electron chi connectivity index (χ1n) is 13.6. The van der Waals surface area contributed by atoms with Crippen molar-refractivity contribution < 1.29 is 4.42 Å². The maximum atomic E-state index is 6.44. The van der Waals surface area contributed by atoms with Crippen molar-refractivity contribution in [1.29, 1.82) is 0 Å². The maximum absolute atomic E-state index is 6.44. The van der Waals surface area contributed by atoms with E-state index in [0.29, 0.717) is 0 Å². The molecule has 38 heavy (non-hydrogen) atoms. The summed E-state index contributed by atoms with van der Waals surface area (Å²) in [5.41, 5.74) is 7.34. The predicted molar refractivity (Wildman–Crippen MR) is 162 cm³/mol. The molecule has 0 bridgehead atoms. The highest BCUT2D eigenvalue weighted by molar-refractivity contribution is 8.00. The van der Waals surface area contributed by atoms with Crippen LogP contribution < -0.4 is 0 Å². The number of fused-ring (bicyclic) bond motifs is 7. The van der Waals surface area contributed by atoms with Crippen molar-refractivity contribution in [3.8, 4) is 11.3 Å². The van der Waals surface area contributed by atoms with Crippen LogP contribution in [-0.2, 0) is 12.8 Å². The van der Waals surface area contributed by atoms with Crippen LogP contribution in [-0.4, -0.2) is 4.98 Å². The lowest BCUT2D eigenvalue weighted by Crippen LogP contribution is -2.11. The molecular formula is C35H33NOS. The van der Waals surface area contributed by atoms with Gasteiger partial charge in [-0.25, -0.2) is 0 Å². The van der Waals surface area contributed by atoms with E-state index in [-0.39, 0.29) is 10.8 Å². The second-order valence-corrected chi connectivity index (χ2v) is 14.3. The van der Waals surface area contributed by atoms with Crippen LogP contribution in [0.4, 0.5) is 0 Å². The van der Waals surface area contributed by atoms with Gasteiger partial charge in [0, 0.05) is 37.7 Å². The van der Waals surface area contributed by atoms with Crippen LogP contribution in [0.3, 0.4) is 0 Å². The van der Waals surface area contributed by atoms with E-state index in [9.17, 15) is 0 Å². The summed E-state index contributed by atoms with van der Waals surface area (Å²) in [6, 6.07) is 22.3. The van der Waals surface area contributed by atoms with E-state index in [1.165, 1.54) is 58.8 Å². The van der Waals surface area contributed by atoms with E-state index in [4.69, 9.17) is 9.40 Å². The zero-order valence-corrected chi connectivity index (χ0v) is 23.8. The van der Waals surface area contributed by atoms with Gasteiger partial charge in [-0.05, 0) is 75.2 Å². The monoisotopic (exact) mass is 515 g/mol. The molecule has 0 fully saturated rings. The van der Waals surface area contributed by atoms with Gasteiger partial charge in [0.1, 0.15) is 11.2 Å². The van der Waals surface area contributed by atoms with Crippen molar-refractivity contribution in [2.45, 2.75) is 64.2 Å². The van der Waals surface area contributed by atoms with Crippen LogP contribution in [0, 0.1) is 10.8 Å². The van der Waals surface area contributed by atoms with Crippen molar-refractivity contribution in [1.82, 2.24) is 4.98 Å². The first-order valence-corrected chi connectivity index (χ1v) is 14.4. The Morgan fingerprint density at radius 2 is 1.53 bits per heavy atom. The molecule has 0 N–H and O–H groups in total. The van der Waals surface area contributed by atoms with Gasteiger partial charge in [0.05, 0.1) is 5.69 Å². The lowest BCUT2D eigenvalue weighted by atomic mass is 9.85. The Bertz CT molecular complexity index is 1910. The quantitative estimate of drug-likeness (QED) is 0.214. The molecule has 1 aliphatic heterocycles. The third kappa shape index (κ3) is 3.82. The number of furan rings is 1. The second-order valence-electron chi connectivity index (χ2n) is 13.3. The summed E-state index contributed by atoms with van der Waals surface area (Å²) in [5.74, 6) is 0. The van der Waals surface area contributed by atoms with Gasteiger partial charge in [-0.1, -0.05) is 89.7 Å². The fourth-order valence-corrected chi connectivity index (χ4v) is 7.46. The number of rotatable bonds is 2. The highest BCUT2D eigenvalue weighted by atomic mass is 32.2. The number of aromatic nitrogens is 1. The van der Waals surface area contributed by atoms with Crippen molar-refractivity contribution in [3.63, 3.8) is 0 Å². The van der Waals surface area contributed by atoms with Gasteiger partial charge < -0.3 is 4.42 Å². The molecule has 2 nitrogen and oxygen atoms in total. The van der Waals surface area contributed by atoms with Crippen LogP contribution in [0.1, 0.15) is 52.7 Å². The number of benzene rings is 4. The number of pyridine rings is 1. The van der Waals surface area contributed by atoms with Crippen LogP contribution in [0.5, 0.6) is 0 Å². The summed E-state index contributed by atoms with van der Waals surface area (Å²) >= 11 is 1.92. The minimum atomic E-state index is 0.131. The van der Waals surface area contributed by atoms with E-state index < -0.39 is 0 Å². The summed E-state index contributed by atoms with van der Waals surface area (Å²) in [5, 5.41) is 7.62. The molecule has 1 aliphatic rings. The normalized spacial score (nSPS) is 13.6. The van der Waals surface area contributed by atoms with Crippen LogP contribution in [0.25, 0.3) is 54.7 Å². The molecule has 0 unspecified atom stereocenters. The molecule has 190 valence electrons. The summed E-state index contributed by atoms with van der Waals surface area (Å²) in [6.45, 7) is 13.9. The molecule has 0 radical (unpaired) electrons. The molecule has 7 rings (SSSR count). The molecular weight excluding hydrogens is 482 g/mol. The topological polar surface area (TPSA) is 26.0 Å². The third-order valence-corrected chi connectivity index (χ3v) is 8.73. The Hall–Kier alpha value is -3.30. The van der Waals surface area contributed by atoms with E-state index in [0.717, 1.165) is 29.7 Å². The van der Waals surface area contributed by atoms with E-state index in [1.807, 2.05) is 18.0 Å². The minimum Gasteiger partial charge on any atom is -0.456 e. The van der Waals surface area contributed by atoms with Gasteiger partial charge in [0.2, 0.25) is 0 Å². The van der Waals surface area contributed by atoms with Crippen molar-refractivity contribution >= 4 is 55.2 Å². The predicted octanol–water partition coefficient (Wildman–Crippen LogP) is 10.6. The Balaban J connectivity index is 1.54. The maximum Gasteiger partial charge on any atom is 0.136 e. The zero-order valence-electron chi connectivity index (χ0n) is 23.0. The minimum absolute atomic E-state index is 0.131. The van der Waals surface area contributed by atoms with Gasteiger partial charge in [-0.3, -0.25) is 4.98 Å². The molecule has 0 saturated carbocycles. The van der Waals surface area contributed by atoms with E-state index in [1.54, 1.807) is 0 Å². The van der Waals surface area contributed by atoms with Crippen LogP contribution >= 0.6 is 11.8 Å². The lowest BCUT2D eigenvalue weighted by Gasteiger charge is -2.26. The fourth-order valence-electron chi connectivity index (χ4n) is 6.18. The summed E-state index contributed by atoms with van der Waals surface area (Å²) in [4.78, 5) is 7.63. The Labute approximate surface area is 228 Å². The Morgan fingerprint density at radius 3 is 2.32 bits per heavy atom. The highest BCUT2D eigenvalue weighted by Crippen LogP contribution is 2.53. The number of hydrogen-bond donors (Lipinski definition) is 0. The number of para-hydroxylation sites is 1. The molecule has 0 aliphatic carbocycles. The first-order chi connectivity index (χ1) is 18.1. The summed E-state index contributed by atoms with van der Waals surface area (Å²) in [7, 11) is 0. The van der Waals surface area contributed by atoms with E-state index >= 15 is 0 Å². The van der Waals surface area contributed by atoms with Gasteiger partial charge >= 0.3 is 0 Å². The molecule has 4 aromatic carbocycles. The molecule has 0 amide bonds. The standard InChI is InChI=1S/C35H33NOS/c1-34(2,3)18-20-11-12-22-21(15-20)16-29-31-23(22)13-14-36-32(31)25-17-28-30(24-9-7-8-10-27(24)37-28)26(33(25)38-29)19-35(4,5)6/h7-17H,18-19H2,1-6H3. The molecule has 6 aromatic rings. The largest absolute Gasteiger partial charge is 0.456 e. The second kappa shape index (κ2) is 8.10. The molecule has 0 saturated heterocycles.